The molecule has 0 bridgehead atoms. The van der Waals surface area contributed by atoms with Gasteiger partial charge in [0.15, 0.2) is 12.6 Å². The molecule has 3 fully saturated rings. The van der Waals surface area contributed by atoms with Gasteiger partial charge in [-0.15, -0.1) is 24.0 Å². The molecule has 0 aromatic heterocycles. The van der Waals surface area contributed by atoms with Gasteiger partial charge >= 0.3 is 0 Å². The molecule has 2 saturated heterocycles. The number of guanidine groups is 1. The average molecular weight is 514 g/mol. The van der Waals surface area contributed by atoms with Gasteiger partial charge in [0.25, 0.3) is 5.91 Å². The van der Waals surface area contributed by atoms with Gasteiger partial charge in [-0.2, -0.15) is 0 Å². The largest absolute Gasteiger partial charge is 0.484 e. The summed E-state index contributed by atoms with van der Waals surface area (Å²) in [6.07, 6.45) is 4.48. The number of hydrogen-bond donors (Lipinski definition) is 2. The van der Waals surface area contributed by atoms with Crippen LogP contribution >= 0.6 is 24.0 Å². The molecule has 1 aromatic carbocycles. The van der Waals surface area contributed by atoms with E-state index in [2.05, 4.69) is 20.5 Å². The Kier molecular flexibility index (Phi) is 7.61. The summed E-state index contributed by atoms with van der Waals surface area (Å²) < 4.78 is 11.3. The Bertz CT molecular complexity index is 732. The van der Waals surface area contributed by atoms with Crippen LogP contribution in [0.15, 0.2) is 29.3 Å². The van der Waals surface area contributed by atoms with E-state index >= 15 is 0 Å². The maximum absolute atomic E-state index is 11.8. The van der Waals surface area contributed by atoms with E-state index in [1.54, 1.807) is 0 Å². The SMILES string of the molecule is CN=C(NCc1cccc(OCC(=O)NC2CC2)c1)N1CCC2(CCOC2)C1.I. The molecule has 2 heterocycles. The highest BCUT2D eigenvalue weighted by Crippen LogP contribution is 2.38. The summed E-state index contributed by atoms with van der Waals surface area (Å²) in [6, 6.07) is 8.22. The molecule has 3 aliphatic rings. The van der Waals surface area contributed by atoms with E-state index in [0.29, 0.717) is 23.8 Å². The van der Waals surface area contributed by atoms with E-state index in [9.17, 15) is 4.79 Å². The zero-order valence-corrected chi connectivity index (χ0v) is 19.3. The smallest absolute Gasteiger partial charge is 0.258 e. The number of ether oxygens (including phenoxy) is 2. The van der Waals surface area contributed by atoms with E-state index in [1.807, 2.05) is 31.3 Å². The van der Waals surface area contributed by atoms with Crippen LogP contribution in [0.3, 0.4) is 0 Å². The number of nitrogens with one attached hydrogen (secondary N) is 2. The number of aliphatic imine (C=N–C) groups is 1. The Labute approximate surface area is 189 Å². The van der Waals surface area contributed by atoms with Gasteiger partial charge in [-0.05, 0) is 43.4 Å². The number of nitrogens with zero attached hydrogens (tertiary/aromatic N) is 2. The summed E-state index contributed by atoms with van der Waals surface area (Å²) >= 11 is 0. The van der Waals surface area contributed by atoms with E-state index in [4.69, 9.17) is 9.47 Å². The number of carbonyl (C=O) groups is 1. The molecule has 1 unspecified atom stereocenters. The molecule has 1 atom stereocenters. The standard InChI is InChI=1S/C21H30N4O3.HI/c1-22-20(25-9-7-21(14-25)8-10-27-15-21)23-12-16-3-2-4-18(11-16)28-13-19(26)24-17-5-6-17;/h2-4,11,17H,5-10,12-15H2,1H3,(H,22,23)(H,24,26);1H. The topological polar surface area (TPSA) is 75.2 Å². The Morgan fingerprint density at radius 2 is 2.24 bits per heavy atom. The number of halogens is 1. The van der Waals surface area contributed by atoms with Gasteiger partial charge in [-0.3, -0.25) is 9.79 Å². The lowest BCUT2D eigenvalue weighted by Gasteiger charge is -2.25. The van der Waals surface area contributed by atoms with Crippen LogP contribution in [0.4, 0.5) is 0 Å². The van der Waals surface area contributed by atoms with Crippen molar-refractivity contribution in [1.29, 1.82) is 0 Å². The molecule has 29 heavy (non-hydrogen) atoms. The van der Waals surface area contributed by atoms with Gasteiger partial charge in [0.05, 0.1) is 6.61 Å². The molecule has 7 nitrogen and oxygen atoms in total. The van der Waals surface area contributed by atoms with Crippen molar-refractivity contribution in [2.45, 2.75) is 38.3 Å². The predicted octanol–water partition coefficient (Wildman–Crippen LogP) is 2.15. The van der Waals surface area contributed by atoms with Crippen LogP contribution in [0.1, 0.15) is 31.2 Å². The van der Waals surface area contributed by atoms with E-state index < -0.39 is 0 Å². The summed E-state index contributed by atoms with van der Waals surface area (Å²) in [5, 5.41) is 6.39. The van der Waals surface area contributed by atoms with E-state index in [-0.39, 0.29) is 36.5 Å². The van der Waals surface area contributed by atoms with Crippen molar-refractivity contribution in [1.82, 2.24) is 15.5 Å². The van der Waals surface area contributed by atoms with Crippen LogP contribution in [0.2, 0.25) is 0 Å². The Balaban J connectivity index is 0.00000240. The van der Waals surface area contributed by atoms with Crippen LogP contribution in [-0.2, 0) is 16.1 Å². The summed E-state index contributed by atoms with van der Waals surface area (Å²) in [6.45, 7) is 4.50. The second-order valence-electron chi connectivity index (χ2n) is 8.15. The molecule has 1 aromatic rings. The number of amides is 1. The normalized spacial score (nSPS) is 23.8. The zero-order valence-electron chi connectivity index (χ0n) is 17.0. The molecular formula is C21H31IN4O3. The third-order valence-corrected chi connectivity index (χ3v) is 5.80. The summed E-state index contributed by atoms with van der Waals surface area (Å²) in [7, 11) is 1.83. The minimum Gasteiger partial charge on any atom is -0.484 e. The highest BCUT2D eigenvalue weighted by molar-refractivity contribution is 14.0. The molecule has 1 amide bonds. The second-order valence-corrected chi connectivity index (χ2v) is 8.15. The van der Waals surface area contributed by atoms with Crippen LogP contribution in [-0.4, -0.2) is 62.8 Å². The van der Waals surface area contributed by atoms with Gasteiger partial charge in [-0.25, -0.2) is 0 Å². The molecule has 2 N–H and O–H groups in total. The Hall–Kier alpha value is -1.55. The number of likely N-dealkylation sites (tertiary alicyclic amines) is 1. The first-order chi connectivity index (χ1) is 13.7. The predicted molar refractivity (Wildman–Crippen MR) is 123 cm³/mol. The maximum atomic E-state index is 11.8. The number of hydrogen-bond acceptors (Lipinski definition) is 4. The number of benzene rings is 1. The van der Waals surface area contributed by atoms with Gasteiger partial charge in [-0.1, -0.05) is 12.1 Å². The van der Waals surface area contributed by atoms with Crippen molar-refractivity contribution in [2.75, 3.05) is 40.0 Å². The maximum Gasteiger partial charge on any atom is 0.258 e. The molecule has 2 aliphatic heterocycles. The van der Waals surface area contributed by atoms with Crippen molar-refractivity contribution in [3.8, 4) is 5.75 Å². The average Bonchev–Trinajstić information content (AvgIpc) is 3.24. The minimum absolute atomic E-state index is 0. The van der Waals surface area contributed by atoms with Crippen molar-refractivity contribution >= 4 is 35.8 Å². The van der Waals surface area contributed by atoms with Gasteiger partial charge in [0, 0.05) is 44.7 Å². The zero-order chi connectivity index (χ0) is 19.4. The lowest BCUT2D eigenvalue weighted by atomic mass is 9.87. The lowest BCUT2D eigenvalue weighted by molar-refractivity contribution is -0.123. The second kappa shape index (κ2) is 9.97. The number of rotatable bonds is 6. The highest BCUT2D eigenvalue weighted by Gasteiger charge is 2.42. The van der Waals surface area contributed by atoms with Gasteiger partial charge in [0.1, 0.15) is 5.75 Å². The van der Waals surface area contributed by atoms with E-state index in [0.717, 1.165) is 57.1 Å². The first-order valence-corrected chi connectivity index (χ1v) is 10.2. The van der Waals surface area contributed by atoms with Crippen molar-refractivity contribution in [3.05, 3.63) is 29.8 Å². The van der Waals surface area contributed by atoms with Crippen LogP contribution in [0.5, 0.6) is 5.75 Å². The Morgan fingerprint density at radius 3 is 2.97 bits per heavy atom. The molecule has 1 spiro atoms. The van der Waals surface area contributed by atoms with Crippen molar-refractivity contribution < 1.29 is 14.3 Å². The monoisotopic (exact) mass is 514 g/mol. The lowest BCUT2D eigenvalue weighted by Crippen LogP contribution is -2.41. The molecule has 1 saturated carbocycles. The van der Waals surface area contributed by atoms with Crippen molar-refractivity contribution in [2.24, 2.45) is 10.4 Å². The molecule has 0 radical (unpaired) electrons. The van der Waals surface area contributed by atoms with Gasteiger partial charge in [0.2, 0.25) is 0 Å². The minimum atomic E-state index is -0.0507. The molecule has 4 rings (SSSR count). The first-order valence-electron chi connectivity index (χ1n) is 10.2. The first kappa shape index (κ1) is 22.1. The van der Waals surface area contributed by atoms with Crippen molar-refractivity contribution in [3.63, 3.8) is 0 Å². The molecule has 8 heteroatoms. The molecule has 160 valence electrons. The third-order valence-electron chi connectivity index (χ3n) is 5.80. The quantitative estimate of drug-likeness (QED) is 0.346. The summed E-state index contributed by atoms with van der Waals surface area (Å²) in [4.78, 5) is 18.6. The fourth-order valence-corrected chi connectivity index (χ4v) is 3.99. The number of carbonyl (C=O) groups excluding carboxylic acids is 1. The summed E-state index contributed by atoms with van der Waals surface area (Å²) in [5.41, 5.74) is 1.41. The van der Waals surface area contributed by atoms with Crippen LogP contribution in [0.25, 0.3) is 0 Å². The fraction of sp³-hybridized carbons (Fsp3) is 0.619. The van der Waals surface area contributed by atoms with Crippen LogP contribution in [0, 0.1) is 5.41 Å². The highest BCUT2D eigenvalue weighted by atomic mass is 127. The van der Waals surface area contributed by atoms with E-state index in [1.165, 1.54) is 6.42 Å². The third kappa shape index (κ3) is 5.97. The van der Waals surface area contributed by atoms with Gasteiger partial charge < -0.3 is 25.0 Å². The Morgan fingerprint density at radius 1 is 1.38 bits per heavy atom. The molecular weight excluding hydrogens is 483 g/mol. The van der Waals surface area contributed by atoms with Crippen LogP contribution < -0.4 is 15.4 Å². The fourth-order valence-electron chi connectivity index (χ4n) is 3.99. The summed E-state index contributed by atoms with van der Waals surface area (Å²) in [5.74, 6) is 1.59. The molecule has 1 aliphatic carbocycles.